The van der Waals surface area contributed by atoms with E-state index in [0.29, 0.717) is 13.1 Å². The molecule has 0 saturated carbocycles. The summed E-state index contributed by atoms with van der Waals surface area (Å²) in [7, 11) is 3.48. The predicted molar refractivity (Wildman–Crippen MR) is 78.5 cm³/mol. The molecule has 0 aromatic heterocycles. The first-order valence-corrected chi connectivity index (χ1v) is 8.25. The fraction of sp³-hybridized carbons (Fsp3) is 0.917. The van der Waals surface area contributed by atoms with Crippen LogP contribution in [0.3, 0.4) is 0 Å². The van der Waals surface area contributed by atoms with Crippen molar-refractivity contribution in [3.8, 4) is 0 Å². The lowest BCUT2D eigenvalue weighted by atomic mass is 9.99. The van der Waals surface area contributed by atoms with Crippen molar-refractivity contribution >= 4 is 16.1 Å². The molecule has 1 aliphatic rings. The minimum absolute atomic E-state index is 0.0505. The van der Waals surface area contributed by atoms with Crippen molar-refractivity contribution in [1.29, 1.82) is 0 Å². The first-order chi connectivity index (χ1) is 9.25. The van der Waals surface area contributed by atoms with Gasteiger partial charge >= 0.3 is 0 Å². The molecule has 1 aliphatic heterocycles. The number of likely N-dealkylation sites (N-methyl/N-ethyl adjacent to an activating group) is 1. The molecule has 8 heteroatoms. The average Bonchev–Trinajstić information content (AvgIpc) is 2.38. The number of hydrogen-bond acceptors (Lipinski definition) is 4. The lowest BCUT2D eigenvalue weighted by Gasteiger charge is -2.32. The van der Waals surface area contributed by atoms with Gasteiger partial charge in [0.05, 0.1) is 5.92 Å². The van der Waals surface area contributed by atoms with Crippen LogP contribution >= 0.6 is 0 Å². The van der Waals surface area contributed by atoms with Crippen LogP contribution in [0, 0.1) is 5.92 Å². The average molecular weight is 306 g/mol. The van der Waals surface area contributed by atoms with E-state index in [1.807, 2.05) is 19.0 Å². The van der Waals surface area contributed by atoms with E-state index in [4.69, 9.17) is 0 Å². The smallest absolute Gasteiger partial charge is 0.281 e. The normalized spacial score (nSPS) is 21.4. The molecule has 0 unspecified atom stereocenters. The fourth-order valence-electron chi connectivity index (χ4n) is 2.14. The molecular formula is C12H26N4O3S. The second-order valence-corrected chi connectivity index (χ2v) is 7.72. The number of carbonyl (C=O) groups is 1. The van der Waals surface area contributed by atoms with E-state index in [1.165, 1.54) is 22.7 Å². The van der Waals surface area contributed by atoms with E-state index in [0.717, 1.165) is 19.4 Å². The maximum atomic E-state index is 12.1. The summed E-state index contributed by atoms with van der Waals surface area (Å²) < 4.78 is 26.7. The Bertz CT molecular complexity index is 422. The number of piperidine rings is 1. The van der Waals surface area contributed by atoms with Crippen LogP contribution in [0.5, 0.6) is 0 Å². The largest absolute Gasteiger partial charge is 0.355 e. The number of rotatable bonds is 6. The Kier molecular flexibility index (Phi) is 6.38. The minimum atomic E-state index is -3.42. The molecule has 20 heavy (non-hydrogen) atoms. The van der Waals surface area contributed by atoms with Gasteiger partial charge in [0, 0.05) is 40.3 Å². The lowest BCUT2D eigenvalue weighted by Crippen LogP contribution is -2.49. The zero-order chi connectivity index (χ0) is 15.3. The zero-order valence-corrected chi connectivity index (χ0v) is 13.6. The molecule has 0 aliphatic carbocycles. The molecule has 0 bridgehead atoms. The van der Waals surface area contributed by atoms with Gasteiger partial charge in [0.2, 0.25) is 5.91 Å². The summed E-state index contributed by atoms with van der Waals surface area (Å²) in [5.74, 6) is -0.300. The van der Waals surface area contributed by atoms with Crippen LogP contribution in [-0.4, -0.2) is 82.2 Å². The Labute approximate surface area is 122 Å². The summed E-state index contributed by atoms with van der Waals surface area (Å²) in [6.45, 7) is 2.12. The van der Waals surface area contributed by atoms with Crippen molar-refractivity contribution in [3.63, 3.8) is 0 Å². The first kappa shape index (κ1) is 17.4. The van der Waals surface area contributed by atoms with Crippen molar-refractivity contribution < 1.29 is 13.2 Å². The second kappa shape index (κ2) is 7.35. The van der Waals surface area contributed by atoms with Crippen molar-refractivity contribution in [2.24, 2.45) is 5.92 Å². The fourth-order valence-corrected chi connectivity index (χ4v) is 3.33. The summed E-state index contributed by atoms with van der Waals surface area (Å²) >= 11 is 0. The van der Waals surface area contributed by atoms with Crippen LogP contribution in [0.1, 0.15) is 12.8 Å². The number of nitrogens with one attached hydrogen (secondary N) is 1. The van der Waals surface area contributed by atoms with Gasteiger partial charge in [-0.3, -0.25) is 4.79 Å². The monoisotopic (exact) mass is 306 g/mol. The van der Waals surface area contributed by atoms with Gasteiger partial charge in [-0.1, -0.05) is 0 Å². The van der Waals surface area contributed by atoms with Crippen LogP contribution in [0.15, 0.2) is 0 Å². The van der Waals surface area contributed by atoms with E-state index in [-0.39, 0.29) is 18.4 Å². The Morgan fingerprint density at radius 2 is 1.95 bits per heavy atom. The summed E-state index contributed by atoms with van der Waals surface area (Å²) in [4.78, 5) is 14.0. The number of nitrogens with zero attached hydrogens (tertiary/aromatic N) is 3. The predicted octanol–water partition coefficient (Wildman–Crippen LogP) is -0.817. The SMILES string of the molecule is CN(C)CCNC(=O)[C@H]1CCCN(S(=O)(=O)N(C)C)C1. The van der Waals surface area contributed by atoms with Crippen molar-refractivity contribution in [3.05, 3.63) is 0 Å². The number of hydrogen-bond donors (Lipinski definition) is 1. The number of carbonyl (C=O) groups excluding carboxylic acids is 1. The van der Waals surface area contributed by atoms with Gasteiger partial charge in [0.1, 0.15) is 0 Å². The Morgan fingerprint density at radius 1 is 1.30 bits per heavy atom. The van der Waals surface area contributed by atoms with E-state index >= 15 is 0 Å². The summed E-state index contributed by atoms with van der Waals surface area (Å²) in [6.07, 6.45) is 1.46. The third-order valence-electron chi connectivity index (χ3n) is 3.40. The third-order valence-corrected chi connectivity index (χ3v) is 5.31. The zero-order valence-electron chi connectivity index (χ0n) is 12.8. The van der Waals surface area contributed by atoms with Crippen LogP contribution in [-0.2, 0) is 15.0 Å². The molecule has 118 valence electrons. The maximum absolute atomic E-state index is 12.1. The Morgan fingerprint density at radius 3 is 2.50 bits per heavy atom. The summed E-state index contributed by atoms with van der Waals surface area (Å²) in [5.41, 5.74) is 0. The summed E-state index contributed by atoms with van der Waals surface area (Å²) in [6, 6.07) is 0. The Balaban J connectivity index is 2.54. The van der Waals surface area contributed by atoms with E-state index in [1.54, 1.807) is 0 Å². The van der Waals surface area contributed by atoms with Gasteiger partial charge in [-0.05, 0) is 26.9 Å². The van der Waals surface area contributed by atoms with Gasteiger partial charge in [-0.2, -0.15) is 17.0 Å². The molecule has 1 N–H and O–H groups in total. The molecule has 1 fully saturated rings. The van der Waals surface area contributed by atoms with Crippen LogP contribution in [0.4, 0.5) is 0 Å². The molecular weight excluding hydrogens is 280 g/mol. The van der Waals surface area contributed by atoms with Crippen molar-refractivity contribution in [1.82, 2.24) is 18.8 Å². The molecule has 1 heterocycles. The molecule has 0 aromatic carbocycles. The minimum Gasteiger partial charge on any atom is -0.355 e. The highest BCUT2D eigenvalue weighted by molar-refractivity contribution is 7.86. The first-order valence-electron chi connectivity index (χ1n) is 6.85. The van der Waals surface area contributed by atoms with Gasteiger partial charge in [-0.15, -0.1) is 0 Å². The topological polar surface area (TPSA) is 73.0 Å². The molecule has 0 spiro atoms. The Hall–Kier alpha value is -0.700. The van der Waals surface area contributed by atoms with E-state index in [2.05, 4.69) is 5.32 Å². The molecule has 7 nitrogen and oxygen atoms in total. The molecule has 0 radical (unpaired) electrons. The van der Waals surface area contributed by atoms with Gasteiger partial charge in [0.15, 0.2) is 0 Å². The highest BCUT2D eigenvalue weighted by atomic mass is 32.2. The van der Waals surface area contributed by atoms with E-state index < -0.39 is 10.2 Å². The van der Waals surface area contributed by atoms with Crippen LogP contribution < -0.4 is 5.32 Å². The van der Waals surface area contributed by atoms with Gasteiger partial charge in [-0.25, -0.2) is 0 Å². The van der Waals surface area contributed by atoms with Crippen molar-refractivity contribution in [2.45, 2.75) is 12.8 Å². The van der Waals surface area contributed by atoms with Crippen LogP contribution in [0.2, 0.25) is 0 Å². The van der Waals surface area contributed by atoms with Crippen LogP contribution in [0.25, 0.3) is 0 Å². The highest BCUT2D eigenvalue weighted by Gasteiger charge is 2.33. The second-order valence-electron chi connectivity index (χ2n) is 5.58. The molecule has 1 amide bonds. The lowest BCUT2D eigenvalue weighted by molar-refractivity contribution is -0.126. The molecule has 1 atom stereocenters. The van der Waals surface area contributed by atoms with Gasteiger partial charge < -0.3 is 10.2 Å². The third kappa shape index (κ3) is 4.69. The maximum Gasteiger partial charge on any atom is 0.281 e. The molecule has 1 rings (SSSR count). The molecule has 1 saturated heterocycles. The quantitative estimate of drug-likeness (QED) is 0.696. The van der Waals surface area contributed by atoms with Gasteiger partial charge in [0.25, 0.3) is 10.2 Å². The highest BCUT2D eigenvalue weighted by Crippen LogP contribution is 2.20. The molecule has 0 aromatic rings. The van der Waals surface area contributed by atoms with E-state index in [9.17, 15) is 13.2 Å². The summed E-state index contributed by atoms with van der Waals surface area (Å²) in [5, 5.41) is 2.87. The standard InChI is InChI=1S/C12H26N4O3S/c1-14(2)9-7-13-12(17)11-6-5-8-16(10-11)20(18,19)15(3)4/h11H,5-10H2,1-4H3,(H,13,17)/t11-/m0/s1. The van der Waals surface area contributed by atoms with Crippen molar-refractivity contribution in [2.75, 3.05) is 54.4 Å². The number of amides is 1.